The molecule has 33 heavy (non-hydrogen) atoms. The molecule has 3 aromatic carbocycles. The molecule has 0 aliphatic rings. The lowest BCUT2D eigenvalue weighted by Gasteiger charge is -2.10. The highest BCUT2D eigenvalue weighted by molar-refractivity contribution is 6.39. The second kappa shape index (κ2) is 11.1. The van der Waals surface area contributed by atoms with Gasteiger partial charge in [-0.3, -0.25) is 9.59 Å². The smallest absolute Gasteiger partial charge is 0.343 e. The summed E-state index contributed by atoms with van der Waals surface area (Å²) in [7, 11) is 1.42. The summed E-state index contributed by atoms with van der Waals surface area (Å²) in [6.45, 7) is 0. The maximum Gasteiger partial charge on any atom is 0.343 e. The van der Waals surface area contributed by atoms with Crippen molar-refractivity contribution < 1.29 is 23.9 Å². The predicted octanol–water partition coefficient (Wildman–Crippen LogP) is 4.31. The number of amides is 2. The van der Waals surface area contributed by atoms with E-state index >= 15 is 0 Å². The van der Waals surface area contributed by atoms with Gasteiger partial charge in [-0.25, -0.2) is 10.2 Å². The fourth-order valence-electron chi connectivity index (χ4n) is 2.53. The number of methoxy groups -OCH3 is 1. The Labute approximate surface area is 199 Å². The van der Waals surface area contributed by atoms with Gasteiger partial charge in [0.2, 0.25) is 0 Å². The lowest BCUT2D eigenvalue weighted by atomic mass is 10.2. The second-order valence-corrected chi connectivity index (χ2v) is 7.34. The molecule has 0 radical (unpaired) electrons. The summed E-state index contributed by atoms with van der Waals surface area (Å²) in [6, 6.07) is 17.2. The Kier molecular flexibility index (Phi) is 8.01. The predicted molar refractivity (Wildman–Crippen MR) is 125 cm³/mol. The van der Waals surface area contributed by atoms with Gasteiger partial charge in [-0.2, -0.15) is 5.10 Å². The number of hydrazone groups is 1. The number of hydrogen-bond donors (Lipinski definition) is 2. The molecule has 0 bridgehead atoms. The number of hydrogen-bond acceptors (Lipinski definition) is 6. The number of esters is 1. The van der Waals surface area contributed by atoms with E-state index in [9.17, 15) is 14.4 Å². The third-order valence-corrected chi connectivity index (χ3v) is 4.66. The van der Waals surface area contributed by atoms with Crippen molar-refractivity contribution in [2.45, 2.75) is 0 Å². The van der Waals surface area contributed by atoms with Crippen LogP contribution in [0, 0.1) is 0 Å². The monoisotopic (exact) mass is 485 g/mol. The van der Waals surface area contributed by atoms with Crippen molar-refractivity contribution in [3.8, 4) is 11.5 Å². The van der Waals surface area contributed by atoms with Crippen molar-refractivity contribution in [2.75, 3.05) is 12.4 Å². The molecule has 0 spiro atoms. The zero-order valence-corrected chi connectivity index (χ0v) is 18.7. The molecule has 3 rings (SSSR count). The van der Waals surface area contributed by atoms with Gasteiger partial charge in [0.1, 0.15) is 0 Å². The zero-order chi connectivity index (χ0) is 23.8. The van der Waals surface area contributed by atoms with Crippen molar-refractivity contribution >= 4 is 52.9 Å². The van der Waals surface area contributed by atoms with Crippen molar-refractivity contribution in [2.24, 2.45) is 5.10 Å². The van der Waals surface area contributed by atoms with Crippen LogP contribution < -0.4 is 20.2 Å². The number of carbonyl (C=O) groups excluding carboxylic acids is 3. The molecule has 168 valence electrons. The van der Waals surface area contributed by atoms with Crippen molar-refractivity contribution in [1.82, 2.24) is 5.43 Å². The largest absolute Gasteiger partial charge is 0.493 e. The molecule has 0 fully saturated rings. The molecule has 0 heterocycles. The molecule has 0 unspecified atom stereocenters. The fraction of sp³-hybridized carbons (Fsp3) is 0.0435. The van der Waals surface area contributed by atoms with E-state index in [2.05, 4.69) is 15.8 Å². The number of rotatable bonds is 6. The van der Waals surface area contributed by atoms with Crippen LogP contribution in [-0.2, 0) is 9.59 Å². The third kappa shape index (κ3) is 6.80. The molecule has 8 nitrogen and oxygen atoms in total. The number of anilines is 1. The van der Waals surface area contributed by atoms with E-state index in [0.29, 0.717) is 26.9 Å². The quantitative estimate of drug-likeness (QED) is 0.178. The zero-order valence-electron chi connectivity index (χ0n) is 17.2. The highest BCUT2D eigenvalue weighted by Crippen LogP contribution is 2.28. The molecular formula is C23H17Cl2N3O5. The summed E-state index contributed by atoms with van der Waals surface area (Å²) >= 11 is 11.6. The Hall–Kier alpha value is -3.88. The average Bonchev–Trinajstić information content (AvgIpc) is 2.81. The summed E-state index contributed by atoms with van der Waals surface area (Å²) in [5, 5.41) is 7.18. The van der Waals surface area contributed by atoms with Gasteiger partial charge in [0.15, 0.2) is 11.5 Å². The van der Waals surface area contributed by atoms with Gasteiger partial charge in [0.25, 0.3) is 0 Å². The van der Waals surface area contributed by atoms with E-state index in [1.807, 2.05) is 0 Å². The number of nitrogens with zero attached hydrogens (tertiary/aromatic N) is 1. The van der Waals surface area contributed by atoms with Crippen LogP contribution in [0.4, 0.5) is 5.69 Å². The Bertz CT molecular complexity index is 1200. The van der Waals surface area contributed by atoms with E-state index in [1.165, 1.54) is 19.4 Å². The van der Waals surface area contributed by atoms with Crippen LogP contribution in [0.25, 0.3) is 0 Å². The molecule has 0 saturated carbocycles. The first-order valence-electron chi connectivity index (χ1n) is 9.41. The Morgan fingerprint density at radius 1 is 0.848 bits per heavy atom. The number of ether oxygens (including phenoxy) is 2. The Morgan fingerprint density at radius 3 is 2.12 bits per heavy atom. The molecule has 0 aliphatic carbocycles. The Balaban J connectivity index is 1.59. The van der Waals surface area contributed by atoms with Crippen LogP contribution >= 0.6 is 23.2 Å². The highest BCUT2D eigenvalue weighted by Gasteiger charge is 2.14. The maximum atomic E-state index is 12.3. The van der Waals surface area contributed by atoms with Gasteiger partial charge in [-0.1, -0.05) is 23.2 Å². The van der Waals surface area contributed by atoms with Gasteiger partial charge in [-0.05, 0) is 72.3 Å². The van der Waals surface area contributed by atoms with Crippen LogP contribution in [0.2, 0.25) is 10.0 Å². The molecular weight excluding hydrogens is 469 g/mol. The van der Waals surface area contributed by atoms with Crippen LogP contribution in [0.3, 0.4) is 0 Å². The number of carbonyl (C=O) groups is 3. The second-order valence-electron chi connectivity index (χ2n) is 6.47. The fourth-order valence-corrected chi connectivity index (χ4v) is 2.78. The summed E-state index contributed by atoms with van der Waals surface area (Å²) < 4.78 is 10.6. The minimum Gasteiger partial charge on any atom is -0.493 e. The van der Waals surface area contributed by atoms with E-state index in [1.54, 1.807) is 60.7 Å². The van der Waals surface area contributed by atoms with Crippen LogP contribution in [0.5, 0.6) is 11.5 Å². The Morgan fingerprint density at radius 2 is 1.48 bits per heavy atom. The first-order chi connectivity index (χ1) is 15.9. The number of nitrogens with one attached hydrogen (secondary N) is 2. The maximum absolute atomic E-state index is 12.3. The summed E-state index contributed by atoms with van der Waals surface area (Å²) in [5.41, 5.74) is 3.39. The van der Waals surface area contributed by atoms with E-state index in [4.69, 9.17) is 32.7 Å². The molecule has 10 heteroatoms. The number of halogens is 2. The van der Waals surface area contributed by atoms with Crippen molar-refractivity contribution in [1.29, 1.82) is 0 Å². The van der Waals surface area contributed by atoms with Gasteiger partial charge in [0.05, 0.1) is 18.9 Å². The van der Waals surface area contributed by atoms with Gasteiger partial charge >= 0.3 is 17.8 Å². The van der Waals surface area contributed by atoms with Crippen molar-refractivity contribution in [3.63, 3.8) is 0 Å². The van der Waals surface area contributed by atoms with Gasteiger partial charge in [-0.15, -0.1) is 0 Å². The van der Waals surface area contributed by atoms with Crippen LogP contribution in [0.1, 0.15) is 15.9 Å². The molecule has 0 aliphatic heterocycles. The lowest BCUT2D eigenvalue weighted by Crippen LogP contribution is -2.32. The van der Waals surface area contributed by atoms with E-state index < -0.39 is 17.8 Å². The van der Waals surface area contributed by atoms with Crippen LogP contribution in [-0.4, -0.2) is 31.1 Å². The standard InChI is InChI=1S/C23H17Cl2N3O5/c1-32-20-12-14(2-11-19(20)33-23(31)15-3-5-16(24)6-4-15)13-26-28-22(30)21(29)27-18-9-7-17(25)8-10-18/h2-13H,1H3,(H,27,29)(H,28,30)/b26-13+. The summed E-state index contributed by atoms with van der Waals surface area (Å²) in [5.74, 6) is -1.96. The first-order valence-corrected chi connectivity index (χ1v) is 10.2. The third-order valence-electron chi connectivity index (χ3n) is 4.16. The van der Waals surface area contributed by atoms with Crippen LogP contribution in [0.15, 0.2) is 71.8 Å². The van der Waals surface area contributed by atoms with Gasteiger partial charge in [0, 0.05) is 15.7 Å². The first kappa shape index (κ1) is 23.8. The molecule has 0 aromatic heterocycles. The van der Waals surface area contributed by atoms with E-state index in [0.717, 1.165) is 0 Å². The average molecular weight is 486 g/mol. The topological polar surface area (TPSA) is 106 Å². The molecule has 3 aromatic rings. The number of benzene rings is 3. The summed E-state index contributed by atoms with van der Waals surface area (Å²) in [4.78, 5) is 36.1. The normalized spacial score (nSPS) is 10.5. The summed E-state index contributed by atoms with van der Waals surface area (Å²) in [6.07, 6.45) is 1.31. The molecule has 0 atom stereocenters. The molecule has 0 saturated heterocycles. The molecule has 2 amide bonds. The minimum atomic E-state index is -0.957. The highest BCUT2D eigenvalue weighted by atomic mass is 35.5. The van der Waals surface area contributed by atoms with Gasteiger partial charge < -0.3 is 14.8 Å². The van der Waals surface area contributed by atoms with E-state index in [-0.39, 0.29) is 11.5 Å². The minimum absolute atomic E-state index is 0.195. The van der Waals surface area contributed by atoms with Crippen molar-refractivity contribution in [3.05, 3.63) is 87.9 Å². The molecule has 2 N–H and O–H groups in total. The SMILES string of the molecule is COc1cc(/C=N/NC(=O)C(=O)Nc2ccc(Cl)cc2)ccc1OC(=O)c1ccc(Cl)cc1. The lowest BCUT2D eigenvalue weighted by molar-refractivity contribution is -0.136.